The number of aromatic hydroxyl groups is 1. The van der Waals surface area contributed by atoms with Crippen LogP contribution in [0.3, 0.4) is 0 Å². The van der Waals surface area contributed by atoms with Crippen molar-refractivity contribution in [3.8, 4) is 11.4 Å². The van der Waals surface area contributed by atoms with Crippen LogP contribution in [-0.2, 0) is 0 Å². The molecule has 0 unspecified atom stereocenters. The summed E-state index contributed by atoms with van der Waals surface area (Å²) < 4.78 is 2.09. The number of aromatic nitrogens is 2. The third-order valence-electron chi connectivity index (χ3n) is 7.07. The minimum absolute atomic E-state index is 0.0248. The van der Waals surface area contributed by atoms with Gasteiger partial charge in [0.05, 0.1) is 23.5 Å². The molecule has 3 heterocycles. The lowest BCUT2D eigenvalue weighted by atomic mass is 9.90. The predicted octanol–water partition coefficient (Wildman–Crippen LogP) is 6.15. The largest absolute Gasteiger partial charge is 0.506 e. The molecule has 1 saturated carbocycles. The Hall–Kier alpha value is -2.57. The lowest BCUT2D eigenvalue weighted by molar-refractivity contribution is 0.197. The smallest absolute Gasteiger partial charge is 0.170 e. The van der Waals surface area contributed by atoms with E-state index in [1.54, 1.807) is 12.1 Å². The zero-order valence-corrected chi connectivity index (χ0v) is 20.5. The average Bonchev–Trinajstić information content (AvgIpc) is 3.32. The highest BCUT2D eigenvalue weighted by Crippen LogP contribution is 2.45. The van der Waals surface area contributed by atoms with E-state index in [2.05, 4.69) is 45.7 Å². The Morgan fingerprint density at radius 2 is 1.88 bits per heavy atom. The minimum atomic E-state index is -0.0393. The molecule has 5 nitrogen and oxygen atoms in total. The van der Waals surface area contributed by atoms with Crippen molar-refractivity contribution in [2.75, 3.05) is 0 Å². The maximum atomic E-state index is 10.6. The third-order valence-corrected chi connectivity index (χ3v) is 7.63. The molecule has 2 N–H and O–H groups in total. The number of rotatable bonds is 4. The fourth-order valence-electron chi connectivity index (χ4n) is 5.58. The second kappa shape index (κ2) is 8.99. The molecule has 1 saturated heterocycles. The van der Waals surface area contributed by atoms with E-state index in [4.69, 9.17) is 23.8 Å². The van der Waals surface area contributed by atoms with Crippen LogP contribution in [0.5, 0.6) is 5.75 Å². The van der Waals surface area contributed by atoms with Crippen molar-refractivity contribution in [1.82, 2.24) is 19.8 Å². The van der Waals surface area contributed by atoms with E-state index in [1.807, 2.05) is 24.4 Å². The average molecular weight is 481 g/mol. The van der Waals surface area contributed by atoms with E-state index in [0.717, 1.165) is 35.0 Å². The second-order valence-electron chi connectivity index (χ2n) is 9.12. The SMILES string of the molecule is Cc1cc([C@@H]2[C@H](c3ccccn3)NC(=S)N2C2CCCCC2)c(C)n1-c1cc(Cl)ccc1O. The summed E-state index contributed by atoms with van der Waals surface area (Å²) in [6, 6.07) is 13.8. The molecule has 0 bridgehead atoms. The molecule has 3 aromatic rings. The number of pyridine rings is 1. The molecule has 0 amide bonds. The number of hydrogen-bond donors (Lipinski definition) is 2. The lowest BCUT2D eigenvalue weighted by Gasteiger charge is -2.37. The van der Waals surface area contributed by atoms with Crippen LogP contribution in [0.2, 0.25) is 5.02 Å². The van der Waals surface area contributed by atoms with E-state index in [0.29, 0.717) is 16.8 Å². The van der Waals surface area contributed by atoms with Gasteiger partial charge in [0.25, 0.3) is 0 Å². The Kier molecular flexibility index (Phi) is 6.06. The maximum absolute atomic E-state index is 10.6. The van der Waals surface area contributed by atoms with Crippen molar-refractivity contribution in [2.24, 2.45) is 0 Å². The maximum Gasteiger partial charge on any atom is 0.170 e. The molecule has 2 fully saturated rings. The van der Waals surface area contributed by atoms with Crippen molar-refractivity contribution in [2.45, 2.75) is 64.1 Å². The molecule has 1 aromatic carbocycles. The number of nitrogens with zero attached hydrogens (tertiary/aromatic N) is 3. The Labute approximate surface area is 205 Å². The van der Waals surface area contributed by atoms with Crippen molar-refractivity contribution >= 4 is 28.9 Å². The third kappa shape index (κ3) is 4.00. The van der Waals surface area contributed by atoms with Crippen LogP contribution >= 0.6 is 23.8 Å². The summed E-state index contributed by atoms with van der Waals surface area (Å²) in [5.41, 5.74) is 4.99. The van der Waals surface area contributed by atoms with Gasteiger partial charge in [-0.25, -0.2) is 0 Å². The molecule has 0 radical (unpaired) electrons. The predicted molar refractivity (Wildman–Crippen MR) is 136 cm³/mol. The number of thiocarbonyl (C=S) groups is 1. The van der Waals surface area contributed by atoms with Crippen molar-refractivity contribution in [3.05, 3.63) is 76.3 Å². The van der Waals surface area contributed by atoms with Gasteiger partial charge >= 0.3 is 0 Å². The van der Waals surface area contributed by atoms with Crippen LogP contribution in [0.15, 0.2) is 48.7 Å². The van der Waals surface area contributed by atoms with Gasteiger partial charge in [-0.2, -0.15) is 0 Å². The Morgan fingerprint density at radius 1 is 1.09 bits per heavy atom. The van der Waals surface area contributed by atoms with Crippen LogP contribution in [0, 0.1) is 13.8 Å². The first-order chi connectivity index (χ1) is 16.0. The lowest BCUT2D eigenvalue weighted by Crippen LogP contribution is -2.40. The van der Waals surface area contributed by atoms with Crippen molar-refractivity contribution < 1.29 is 5.11 Å². The van der Waals surface area contributed by atoms with Gasteiger partial charge in [0.1, 0.15) is 5.75 Å². The summed E-state index contributed by atoms with van der Waals surface area (Å²) in [6.45, 7) is 4.18. The first kappa shape index (κ1) is 22.2. The molecular weight excluding hydrogens is 452 g/mol. The van der Waals surface area contributed by atoms with E-state index in [9.17, 15) is 5.11 Å². The van der Waals surface area contributed by atoms with Gasteiger partial charge in [0.15, 0.2) is 5.11 Å². The number of aryl methyl sites for hydroxylation is 1. The number of benzene rings is 1. The van der Waals surface area contributed by atoms with Gasteiger partial charge in [-0.1, -0.05) is 36.9 Å². The summed E-state index contributed by atoms with van der Waals surface area (Å²) in [5.74, 6) is 0.207. The Balaban J connectivity index is 1.65. The van der Waals surface area contributed by atoms with E-state index in [-0.39, 0.29) is 17.8 Å². The highest BCUT2D eigenvalue weighted by atomic mass is 35.5. The molecule has 33 heavy (non-hydrogen) atoms. The molecule has 1 aliphatic carbocycles. The summed E-state index contributed by atoms with van der Waals surface area (Å²) in [7, 11) is 0. The summed E-state index contributed by atoms with van der Waals surface area (Å²) in [6.07, 6.45) is 7.91. The fourth-order valence-corrected chi connectivity index (χ4v) is 6.14. The molecule has 172 valence electrons. The topological polar surface area (TPSA) is 53.3 Å². The van der Waals surface area contributed by atoms with Gasteiger partial charge < -0.3 is 19.9 Å². The van der Waals surface area contributed by atoms with Crippen LogP contribution in [0.4, 0.5) is 0 Å². The number of phenols is 1. The normalized spacial score (nSPS) is 21.4. The second-order valence-corrected chi connectivity index (χ2v) is 9.94. The molecule has 2 atom stereocenters. The zero-order valence-electron chi connectivity index (χ0n) is 19.0. The van der Waals surface area contributed by atoms with E-state index >= 15 is 0 Å². The number of hydrogen-bond acceptors (Lipinski definition) is 3. The number of nitrogens with one attached hydrogen (secondary N) is 1. The minimum Gasteiger partial charge on any atom is -0.506 e. The quantitative estimate of drug-likeness (QED) is 0.438. The van der Waals surface area contributed by atoms with E-state index < -0.39 is 0 Å². The highest BCUT2D eigenvalue weighted by molar-refractivity contribution is 7.80. The summed E-state index contributed by atoms with van der Waals surface area (Å²) in [4.78, 5) is 7.11. The van der Waals surface area contributed by atoms with Crippen molar-refractivity contribution in [3.63, 3.8) is 0 Å². The summed E-state index contributed by atoms with van der Waals surface area (Å²) >= 11 is 12.2. The molecule has 5 rings (SSSR count). The first-order valence-electron chi connectivity index (χ1n) is 11.6. The number of phenolic OH excluding ortho intramolecular Hbond substituents is 1. The van der Waals surface area contributed by atoms with Gasteiger partial charge in [-0.15, -0.1) is 0 Å². The first-order valence-corrected chi connectivity index (χ1v) is 12.4. The van der Waals surface area contributed by atoms with Crippen LogP contribution in [0.25, 0.3) is 5.69 Å². The monoisotopic (exact) mass is 480 g/mol. The molecule has 1 aliphatic heterocycles. The number of halogens is 1. The van der Waals surface area contributed by atoms with Crippen molar-refractivity contribution in [1.29, 1.82) is 0 Å². The molecule has 0 spiro atoms. The van der Waals surface area contributed by atoms with Gasteiger partial charge in [0, 0.05) is 28.6 Å². The molecule has 7 heteroatoms. The Morgan fingerprint density at radius 3 is 2.61 bits per heavy atom. The summed E-state index contributed by atoms with van der Waals surface area (Å²) in [5, 5.41) is 15.6. The van der Waals surface area contributed by atoms with Crippen LogP contribution in [-0.4, -0.2) is 30.7 Å². The fraction of sp³-hybridized carbons (Fsp3) is 0.385. The van der Waals surface area contributed by atoms with Gasteiger partial charge in [-0.3, -0.25) is 4.98 Å². The molecular formula is C26H29ClN4OS. The standard InChI is InChI=1S/C26H29ClN4OS/c1-16-14-20(17(2)30(16)22-15-18(27)11-12-23(22)32)25-24(21-10-6-7-13-28-21)29-26(33)31(25)19-8-4-3-5-9-19/h6-7,10-15,19,24-25,32H,3-5,8-9H2,1-2H3,(H,29,33)/t24-,25+/m0/s1. The Bertz CT molecular complexity index is 1170. The van der Waals surface area contributed by atoms with Gasteiger partial charge in [-0.05, 0) is 80.9 Å². The highest BCUT2D eigenvalue weighted by Gasteiger charge is 2.44. The van der Waals surface area contributed by atoms with Crippen LogP contribution < -0.4 is 5.32 Å². The van der Waals surface area contributed by atoms with E-state index in [1.165, 1.54) is 24.8 Å². The molecule has 2 aromatic heterocycles. The zero-order chi connectivity index (χ0) is 23.1. The van der Waals surface area contributed by atoms with Gasteiger partial charge in [0.2, 0.25) is 0 Å². The molecule has 2 aliphatic rings. The van der Waals surface area contributed by atoms with Crippen LogP contribution in [0.1, 0.15) is 66.8 Å².